The predicted octanol–water partition coefficient (Wildman–Crippen LogP) is 3.93. The van der Waals surface area contributed by atoms with E-state index in [0.29, 0.717) is 5.02 Å². The van der Waals surface area contributed by atoms with Gasteiger partial charge < -0.3 is 10.5 Å². The second-order valence-electron chi connectivity index (χ2n) is 4.25. The van der Waals surface area contributed by atoms with E-state index >= 15 is 0 Å². The van der Waals surface area contributed by atoms with Crippen LogP contribution in [-0.4, -0.2) is 6.10 Å². The minimum Gasteiger partial charge on any atom is -0.491 e. The molecule has 0 heterocycles. The quantitative estimate of drug-likeness (QED) is 0.848. The second kappa shape index (κ2) is 6.12. The highest BCUT2D eigenvalue weighted by Crippen LogP contribution is 2.28. The van der Waals surface area contributed by atoms with E-state index in [1.54, 1.807) is 0 Å². The van der Waals surface area contributed by atoms with E-state index in [1.807, 2.05) is 32.0 Å². The minimum atomic E-state index is 0.0191. The smallest absolute Gasteiger partial charge is 0.121 e. The zero-order valence-electron chi connectivity index (χ0n) is 10.2. The normalized spacial score (nSPS) is 12.9. The van der Waals surface area contributed by atoms with Crippen LogP contribution in [0.5, 0.6) is 5.75 Å². The predicted molar refractivity (Wildman–Crippen MR) is 69.1 cm³/mol. The van der Waals surface area contributed by atoms with Crippen molar-refractivity contribution in [1.29, 1.82) is 0 Å². The number of hydrogen-bond acceptors (Lipinski definition) is 2. The molecule has 16 heavy (non-hydrogen) atoms. The van der Waals surface area contributed by atoms with Gasteiger partial charge in [-0.25, -0.2) is 0 Å². The molecule has 0 aliphatic heterocycles. The molecule has 90 valence electrons. The Bertz CT molecular complexity index is 339. The van der Waals surface area contributed by atoms with Crippen molar-refractivity contribution in [2.24, 2.45) is 5.73 Å². The lowest BCUT2D eigenvalue weighted by atomic mass is 10.0. The molecule has 0 aromatic heterocycles. The molecule has 1 unspecified atom stereocenters. The molecule has 2 N–H and O–H groups in total. The Morgan fingerprint density at radius 3 is 2.56 bits per heavy atom. The van der Waals surface area contributed by atoms with Gasteiger partial charge in [-0.1, -0.05) is 31.0 Å². The van der Waals surface area contributed by atoms with Crippen molar-refractivity contribution >= 4 is 11.6 Å². The summed E-state index contributed by atoms with van der Waals surface area (Å²) in [6.45, 7) is 6.10. The monoisotopic (exact) mass is 241 g/mol. The van der Waals surface area contributed by atoms with Crippen LogP contribution in [0.25, 0.3) is 0 Å². The first-order chi connectivity index (χ1) is 7.54. The highest BCUT2D eigenvalue weighted by atomic mass is 35.5. The number of rotatable bonds is 5. The van der Waals surface area contributed by atoms with Crippen molar-refractivity contribution in [3.8, 4) is 5.75 Å². The zero-order chi connectivity index (χ0) is 12.1. The van der Waals surface area contributed by atoms with Gasteiger partial charge in [0.05, 0.1) is 6.10 Å². The Hall–Kier alpha value is -0.730. The van der Waals surface area contributed by atoms with Crippen molar-refractivity contribution in [2.45, 2.75) is 45.8 Å². The molecule has 0 amide bonds. The van der Waals surface area contributed by atoms with Gasteiger partial charge >= 0.3 is 0 Å². The number of ether oxygens (including phenoxy) is 1. The molecule has 0 aliphatic carbocycles. The summed E-state index contributed by atoms with van der Waals surface area (Å²) in [5.41, 5.74) is 7.03. The van der Waals surface area contributed by atoms with Crippen LogP contribution in [0.15, 0.2) is 18.2 Å². The summed E-state index contributed by atoms with van der Waals surface area (Å²) in [5.74, 6) is 0.799. The lowest BCUT2D eigenvalue weighted by Gasteiger charge is -2.15. The summed E-state index contributed by atoms with van der Waals surface area (Å²) in [7, 11) is 0. The van der Waals surface area contributed by atoms with Crippen molar-refractivity contribution in [2.75, 3.05) is 0 Å². The largest absolute Gasteiger partial charge is 0.491 e. The SMILES string of the molecule is CCCC(N)c1ccc(OC(C)C)cc1Cl. The van der Waals surface area contributed by atoms with Crippen LogP contribution in [0.2, 0.25) is 5.02 Å². The number of hydrogen-bond donors (Lipinski definition) is 1. The van der Waals surface area contributed by atoms with Crippen LogP contribution in [-0.2, 0) is 0 Å². The van der Waals surface area contributed by atoms with Crippen LogP contribution in [0.1, 0.15) is 45.2 Å². The van der Waals surface area contributed by atoms with Crippen LogP contribution < -0.4 is 10.5 Å². The molecular weight excluding hydrogens is 222 g/mol. The highest BCUT2D eigenvalue weighted by molar-refractivity contribution is 6.31. The molecule has 1 aromatic carbocycles. The molecule has 1 rings (SSSR count). The van der Waals surface area contributed by atoms with E-state index in [9.17, 15) is 0 Å². The fourth-order valence-corrected chi connectivity index (χ4v) is 1.93. The lowest BCUT2D eigenvalue weighted by molar-refractivity contribution is 0.242. The molecule has 0 saturated carbocycles. The molecule has 2 nitrogen and oxygen atoms in total. The maximum Gasteiger partial charge on any atom is 0.121 e. The first-order valence-electron chi connectivity index (χ1n) is 5.76. The van der Waals surface area contributed by atoms with Crippen molar-refractivity contribution in [3.05, 3.63) is 28.8 Å². The molecule has 0 fully saturated rings. The summed E-state index contributed by atoms with van der Waals surface area (Å²) in [4.78, 5) is 0. The molecule has 3 heteroatoms. The molecular formula is C13H20ClNO. The average molecular weight is 242 g/mol. The second-order valence-corrected chi connectivity index (χ2v) is 4.65. The third-order valence-electron chi connectivity index (χ3n) is 2.34. The maximum absolute atomic E-state index is 6.18. The minimum absolute atomic E-state index is 0.0191. The number of nitrogens with two attached hydrogens (primary N) is 1. The number of benzene rings is 1. The van der Waals surface area contributed by atoms with E-state index in [-0.39, 0.29) is 12.1 Å². The standard InChI is InChI=1S/C13H20ClNO/c1-4-5-13(15)11-7-6-10(8-12(11)14)16-9(2)3/h6-9,13H,4-5,15H2,1-3H3. The van der Waals surface area contributed by atoms with Gasteiger partial charge in [0, 0.05) is 11.1 Å². The van der Waals surface area contributed by atoms with Crippen molar-refractivity contribution < 1.29 is 4.74 Å². The van der Waals surface area contributed by atoms with E-state index in [0.717, 1.165) is 24.2 Å². The van der Waals surface area contributed by atoms with Gasteiger partial charge in [0.25, 0.3) is 0 Å². The van der Waals surface area contributed by atoms with Crippen LogP contribution in [0, 0.1) is 0 Å². The first kappa shape index (κ1) is 13.3. The van der Waals surface area contributed by atoms with E-state index < -0.39 is 0 Å². The summed E-state index contributed by atoms with van der Waals surface area (Å²) in [6, 6.07) is 5.74. The third kappa shape index (κ3) is 3.69. The van der Waals surface area contributed by atoms with E-state index in [2.05, 4.69) is 6.92 Å². The van der Waals surface area contributed by atoms with Gasteiger partial charge in [0.2, 0.25) is 0 Å². The van der Waals surface area contributed by atoms with Gasteiger partial charge in [-0.15, -0.1) is 0 Å². The molecule has 0 spiro atoms. The molecule has 1 atom stereocenters. The Morgan fingerprint density at radius 2 is 2.06 bits per heavy atom. The Balaban J connectivity index is 2.82. The fourth-order valence-electron chi connectivity index (χ4n) is 1.62. The zero-order valence-corrected chi connectivity index (χ0v) is 10.9. The highest BCUT2D eigenvalue weighted by Gasteiger charge is 2.10. The van der Waals surface area contributed by atoms with Crippen molar-refractivity contribution in [3.63, 3.8) is 0 Å². The topological polar surface area (TPSA) is 35.2 Å². The van der Waals surface area contributed by atoms with Gasteiger partial charge in [-0.05, 0) is 38.0 Å². The van der Waals surface area contributed by atoms with Crippen LogP contribution in [0.3, 0.4) is 0 Å². The maximum atomic E-state index is 6.18. The third-order valence-corrected chi connectivity index (χ3v) is 2.67. The Labute approximate surface area is 103 Å². The van der Waals surface area contributed by atoms with E-state index in [4.69, 9.17) is 22.1 Å². The van der Waals surface area contributed by atoms with Gasteiger partial charge in [-0.3, -0.25) is 0 Å². The molecule has 0 bridgehead atoms. The van der Waals surface area contributed by atoms with Crippen molar-refractivity contribution in [1.82, 2.24) is 0 Å². The first-order valence-corrected chi connectivity index (χ1v) is 6.14. The Kier molecular flexibility index (Phi) is 5.10. The summed E-state index contributed by atoms with van der Waals surface area (Å²) in [6.07, 6.45) is 2.16. The van der Waals surface area contributed by atoms with Crippen LogP contribution in [0.4, 0.5) is 0 Å². The van der Waals surface area contributed by atoms with Gasteiger partial charge in [-0.2, -0.15) is 0 Å². The molecule has 0 saturated heterocycles. The summed E-state index contributed by atoms with van der Waals surface area (Å²) in [5, 5.41) is 0.694. The van der Waals surface area contributed by atoms with Crippen LogP contribution >= 0.6 is 11.6 Å². The van der Waals surface area contributed by atoms with Gasteiger partial charge in [0.1, 0.15) is 5.75 Å². The average Bonchev–Trinajstić information content (AvgIpc) is 2.16. The number of halogens is 1. The Morgan fingerprint density at radius 1 is 1.38 bits per heavy atom. The molecule has 0 aliphatic rings. The fraction of sp³-hybridized carbons (Fsp3) is 0.538. The lowest BCUT2D eigenvalue weighted by Crippen LogP contribution is -2.11. The van der Waals surface area contributed by atoms with E-state index in [1.165, 1.54) is 0 Å². The summed E-state index contributed by atoms with van der Waals surface area (Å²) >= 11 is 6.18. The van der Waals surface area contributed by atoms with Gasteiger partial charge in [0.15, 0.2) is 0 Å². The summed E-state index contributed by atoms with van der Waals surface area (Å²) < 4.78 is 5.56. The molecule has 0 radical (unpaired) electrons. The molecule has 1 aromatic rings.